The number of fused-ring (bicyclic) bond motifs is 1. The molecule has 1 aliphatic carbocycles. The van der Waals surface area contributed by atoms with E-state index in [1.54, 1.807) is 25.3 Å². The molecule has 5 nitrogen and oxygen atoms in total. The van der Waals surface area contributed by atoms with Gasteiger partial charge in [-0.15, -0.1) is 0 Å². The van der Waals surface area contributed by atoms with Gasteiger partial charge in [-0.1, -0.05) is 23.7 Å². The number of aryl methyl sites for hydroxylation is 1. The number of carbonyl (C=O) groups excluding carboxylic acids is 1. The van der Waals surface area contributed by atoms with E-state index in [2.05, 4.69) is 4.98 Å². The number of carbonyl (C=O) groups is 1. The van der Waals surface area contributed by atoms with Crippen LogP contribution in [0.25, 0.3) is 22.0 Å². The van der Waals surface area contributed by atoms with Gasteiger partial charge in [-0.2, -0.15) is 4.73 Å². The summed E-state index contributed by atoms with van der Waals surface area (Å²) in [6.07, 6.45) is 3.10. The van der Waals surface area contributed by atoms with Gasteiger partial charge in [0.1, 0.15) is 0 Å². The Morgan fingerprint density at radius 3 is 2.68 bits per heavy atom. The van der Waals surface area contributed by atoms with Gasteiger partial charge in [0, 0.05) is 24.6 Å². The number of nitrogens with two attached hydrogens (primary N) is 1. The van der Waals surface area contributed by atoms with Gasteiger partial charge in [-0.05, 0) is 31.0 Å². The van der Waals surface area contributed by atoms with Crippen LogP contribution < -0.4 is 10.5 Å². The van der Waals surface area contributed by atoms with Crippen molar-refractivity contribution in [3.63, 3.8) is 0 Å². The standard InChI is InChI=1S/C19H16ClN3O2/c1-11-14-9-17(19(6-7-19)18(21)24)22-10-12(14)8-16(23(11)25)13-4-2-3-5-15(13)20/h2-5,8-10H,6-7H2,1H3,(H2,21,24). The van der Waals surface area contributed by atoms with E-state index in [0.29, 0.717) is 40.5 Å². The van der Waals surface area contributed by atoms with Gasteiger partial charge in [-0.3, -0.25) is 9.78 Å². The van der Waals surface area contributed by atoms with E-state index in [1.165, 1.54) is 0 Å². The summed E-state index contributed by atoms with van der Waals surface area (Å²) in [6, 6.07) is 10.8. The zero-order chi connectivity index (χ0) is 17.8. The van der Waals surface area contributed by atoms with E-state index in [-0.39, 0.29) is 5.91 Å². The van der Waals surface area contributed by atoms with Crippen molar-refractivity contribution in [3.8, 4) is 11.3 Å². The van der Waals surface area contributed by atoms with Gasteiger partial charge in [-0.25, -0.2) is 0 Å². The number of hydrogen-bond acceptors (Lipinski definition) is 3. The Morgan fingerprint density at radius 2 is 2.04 bits per heavy atom. The number of benzene rings is 1. The normalized spacial score (nSPS) is 15.3. The predicted molar refractivity (Wildman–Crippen MR) is 96.0 cm³/mol. The molecule has 1 saturated carbocycles. The fraction of sp³-hybridized carbons (Fsp3) is 0.211. The Hall–Kier alpha value is -2.66. The molecule has 1 fully saturated rings. The summed E-state index contributed by atoms with van der Waals surface area (Å²) < 4.78 is 0.872. The van der Waals surface area contributed by atoms with Crippen LogP contribution in [0.3, 0.4) is 0 Å². The predicted octanol–water partition coefficient (Wildman–Crippen LogP) is 3.01. The fourth-order valence-corrected chi connectivity index (χ4v) is 3.49. The highest BCUT2D eigenvalue weighted by Gasteiger charge is 2.51. The van der Waals surface area contributed by atoms with Crippen LogP contribution in [0.2, 0.25) is 5.02 Å². The zero-order valence-corrected chi connectivity index (χ0v) is 14.4. The van der Waals surface area contributed by atoms with Gasteiger partial charge >= 0.3 is 0 Å². The molecule has 3 aromatic rings. The number of rotatable bonds is 3. The SMILES string of the molecule is Cc1c2cc(C3(C(N)=O)CC3)ncc2cc(-c2ccccc2Cl)[n+]1[O-]. The van der Waals surface area contributed by atoms with Crippen LogP contribution in [0, 0.1) is 12.1 Å². The molecule has 1 aliphatic rings. The Morgan fingerprint density at radius 1 is 1.32 bits per heavy atom. The molecule has 2 heterocycles. The summed E-state index contributed by atoms with van der Waals surface area (Å²) in [6.45, 7) is 1.75. The van der Waals surface area contributed by atoms with Crippen LogP contribution in [-0.2, 0) is 10.2 Å². The van der Waals surface area contributed by atoms with E-state index in [1.807, 2.05) is 24.3 Å². The average molecular weight is 354 g/mol. The minimum absolute atomic E-state index is 0.361. The van der Waals surface area contributed by atoms with Crippen LogP contribution in [0.1, 0.15) is 24.2 Å². The van der Waals surface area contributed by atoms with Crippen molar-refractivity contribution in [1.29, 1.82) is 0 Å². The van der Waals surface area contributed by atoms with Gasteiger partial charge in [0.25, 0.3) is 0 Å². The number of halogens is 1. The molecule has 0 radical (unpaired) electrons. The lowest BCUT2D eigenvalue weighted by Gasteiger charge is -2.14. The van der Waals surface area contributed by atoms with Crippen molar-refractivity contribution in [3.05, 3.63) is 64.2 Å². The van der Waals surface area contributed by atoms with E-state index < -0.39 is 5.41 Å². The minimum atomic E-state index is -0.671. The Bertz CT molecular complexity index is 1030. The topological polar surface area (TPSA) is 82.9 Å². The number of amides is 1. The third-order valence-corrected chi connectivity index (χ3v) is 5.33. The molecule has 0 bridgehead atoms. The summed E-state index contributed by atoms with van der Waals surface area (Å²) in [4.78, 5) is 16.2. The largest absolute Gasteiger partial charge is 0.618 e. The quantitative estimate of drug-likeness (QED) is 0.580. The number of primary amides is 1. The fourth-order valence-electron chi connectivity index (χ4n) is 3.26. The highest BCUT2D eigenvalue weighted by Crippen LogP contribution is 2.47. The maximum absolute atomic E-state index is 12.8. The molecule has 0 unspecified atom stereocenters. The lowest BCUT2D eigenvalue weighted by atomic mass is 9.98. The van der Waals surface area contributed by atoms with Crippen LogP contribution in [0.15, 0.2) is 42.6 Å². The van der Waals surface area contributed by atoms with Crippen LogP contribution in [0.4, 0.5) is 0 Å². The molecule has 1 amide bonds. The molecule has 0 aliphatic heterocycles. The maximum atomic E-state index is 12.8. The molecule has 4 rings (SSSR count). The third-order valence-electron chi connectivity index (χ3n) is 5.00. The molecule has 1 aromatic carbocycles. The summed E-state index contributed by atoms with van der Waals surface area (Å²) in [5.41, 5.74) is 7.18. The zero-order valence-electron chi connectivity index (χ0n) is 13.6. The Kier molecular flexibility index (Phi) is 3.44. The summed E-state index contributed by atoms with van der Waals surface area (Å²) in [7, 11) is 0. The number of pyridine rings is 2. The van der Waals surface area contributed by atoms with Gasteiger partial charge < -0.3 is 10.9 Å². The van der Waals surface area contributed by atoms with Crippen molar-refractivity contribution in [2.45, 2.75) is 25.2 Å². The molecule has 2 N–H and O–H groups in total. The molecule has 126 valence electrons. The maximum Gasteiger partial charge on any atom is 0.229 e. The first-order chi connectivity index (χ1) is 11.9. The molecule has 0 atom stereocenters. The van der Waals surface area contributed by atoms with Crippen LogP contribution >= 0.6 is 11.6 Å². The van der Waals surface area contributed by atoms with Crippen LogP contribution in [-0.4, -0.2) is 10.9 Å². The second-order valence-corrected chi connectivity index (χ2v) is 6.90. The first-order valence-corrected chi connectivity index (χ1v) is 8.40. The highest BCUT2D eigenvalue weighted by molar-refractivity contribution is 6.33. The van der Waals surface area contributed by atoms with Gasteiger partial charge in [0.05, 0.1) is 27.1 Å². The van der Waals surface area contributed by atoms with Crippen molar-refractivity contribution in [1.82, 2.24) is 4.98 Å². The molecular formula is C19H16ClN3O2. The first-order valence-electron chi connectivity index (χ1n) is 8.02. The molecule has 25 heavy (non-hydrogen) atoms. The lowest BCUT2D eigenvalue weighted by molar-refractivity contribution is -0.599. The summed E-state index contributed by atoms with van der Waals surface area (Å²) >= 11 is 6.24. The van der Waals surface area contributed by atoms with E-state index in [9.17, 15) is 10.0 Å². The summed E-state index contributed by atoms with van der Waals surface area (Å²) in [5, 5.41) is 14.9. The monoisotopic (exact) mass is 353 g/mol. The Labute approximate surface area is 149 Å². The van der Waals surface area contributed by atoms with Gasteiger partial charge in [0.2, 0.25) is 11.6 Å². The number of hydrogen-bond donors (Lipinski definition) is 1. The molecular weight excluding hydrogens is 338 g/mol. The van der Waals surface area contributed by atoms with Crippen molar-refractivity contribution in [2.24, 2.45) is 5.73 Å². The minimum Gasteiger partial charge on any atom is -0.618 e. The smallest absolute Gasteiger partial charge is 0.229 e. The van der Waals surface area contributed by atoms with E-state index in [0.717, 1.165) is 15.5 Å². The molecule has 0 spiro atoms. The molecule has 6 heteroatoms. The van der Waals surface area contributed by atoms with Crippen LogP contribution in [0.5, 0.6) is 0 Å². The number of nitrogens with zero attached hydrogens (tertiary/aromatic N) is 2. The van der Waals surface area contributed by atoms with Crippen molar-refractivity contribution in [2.75, 3.05) is 0 Å². The average Bonchev–Trinajstić information content (AvgIpc) is 3.40. The first kappa shape index (κ1) is 15.8. The van der Waals surface area contributed by atoms with Crippen molar-refractivity contribution >= 4 is 28.3 Å². The summed E-state index contributed by atoms with van der Waals surface area (Å²) in [5.74, 6) is -0.361. The number of aromatic nitrogens is 2. The molecule has 0 saturated heterocycles. The molecule has 2 aromatic heterocycles. The Balaban J connectivity index is 1.93. The van der Waals surface area contributed by atoms with E-state index >= 15 is 0 Å². The van der Waals surface area contributed by atoms with E-state index in [4.69, 9.17) is 17.3 Å². The van der Waals surface area contributed by atoms with Gasteiger partial charge in [0.15, 0.2) is 5.69 Å². The third kappa shape index (κ3) is 2.35. The second kappa shape index (κ2) is 5.43. The highest BCUT2D eigenvalue weighted by atomic mass is 35.5. The van der Waals surface area contributed by atoms with Crippen molar-refractivity contribution < 1.29 is 9.52 Å². The second-order valence-electron chi connectivity index (χ2n) is 6.49. The lowest BCUT2D eigenvalue weighted by Crippen LogP contribution is -2.33.